The molecule has 7 rings (SSSR count). The van der Waals surface area contributed by atoms with Crippen molar-refractivity contribution in [2.75, 3.05) is 14.2 Å². The highest BCUT2D eigenvalue weighted by atomic mass is 32.3. The van der Waals surface area contributed by atoms with E-state index < -0.39 is 11.2 Å². The molecule has 0 aliphatic carbocycles. The number of aromatic hydroxyl groups is 2. The van der Waals surface area contributed by atoms with Crippen LogP contribution in [0.1, 0.15) is 11.1 Å². The highest BCUT2D eigenvalue weighted by Crippen LogP contribution is 2.64. The van der Waals surface area contributed by atoms with Crippen LogP contribution in [0.15, 0.2) is 114 Å². The van der Waals surface area contributed by atoms with Crippen molar-refractivity contribution in [3.05, 3.63) is 120 Å². The topological polar surface area (TPSA) is 79.2 Å². The summed E-state index contributed by atoms with van der Waals surface area (Å²) in [4.78, 5) is 4.95. The number of aromatic nitrogens is 1. The van der Waals surface area contributed by atoms with Crippen LogP contribution < -0.4 is 9.47 Å². The van der Waals surface area contributed by atoms with Crippen LogP contribution in [0.5, 0.6) is 23.0 Å². The lowest BCUT2D eigenvalue weighted by molar-refractivity contribution is -0.226. The molecule has 4 aromatic carbocycles. The number of amidine groups is 1. The Hall–Kier alpha value is -5.35. The summed E-state index contributed by atoms with van der Waals surface area (Å²) in [7, 11) is 3.10. The number of rotatable bonds is 6. The zero-order chi connectivity index (χ0) is 30.6. The Morgan fingerprint density at radius 3 is 1.73 bits per heavy atom. The van der Waals surface area contributed by atoms with E-state index in [1.165, 1.54) is 24.3 Å². The maximum Gasteiger partial charge on any atom is 0.349 e. The van der Waals surface area contributed by atoms with Crippen molar-refractivity contribution in [2.24, 2.45) is 4.99 Å². The first-order valence-electron chi connectivity index (χ1n) is 13.6. The first-order valence-corrected chi connectivity index (χ1v) is 15.0. The number of aliphatic imine (C=N–C) groups is 1. The zero-order valence-electron chi connectivity index (χ0n) is 23.6. The number of allylic oxidation sites excluding steroid dienone is 1. The Bertz CT molecular complexity index is 2000. The second-order valence-electron chi connectivity index (χ2n) is 10.2. The Labute approximate surface area is 254 Å². The quantitative estimate of drug-likeness (QED) is 0.190. The van der Waals surface area contributed by atoms with Crippen molar-refractivity contribution in [2.45, 2.75) is 0 Å². The predicted octanol–water partition coefficient (Wildman–Crippen LogP) is 8.14. The van der Waals surface area contributed by atoms with E-state index in [1.807, 2.05) is 0 Å². The number of benzene rings is 4. The van der Waals surface area contributed by atoms with Gasteiger partial charge in [-0.15, -0.1) is 3.98 Å². The molecule has 7 nitrogen and oxygen atoms in total. The highest BCUT2D eigenvalue weighted by molar-refractivity contribution is 8.19. The van der Waals surface area contributed by atoms with Crippen LogP contribution in [0.2, 0.25) is 0 Å². The van der Waals surface area contributed by atoms with E-state index in [0.29, 0.717) is 56.3 Å². The van der Waals surface area contributed by atoms with Gasteiger partial charge in [-0.05, 0) is 101 Å². The van der Waals surface area contributed by atoms with Crippen LogP contribution >= 0.6 is 11.2 Å². The monoisotopic (exact) mass is 610 g/mol. The molecule has 44 heavy (non-hydrogen) atoms. The lowest BCUT2D eigenvalue weighted by Gasteiger charge is -2.27. The summed E-state index contributed by atoms with van der Waals surface area (Å²) in [5.41, 5.74) is 3.98. The van der Waals surface area contributed by atoms with Crippen molar-refractivity contribution < 1.29 is 31.4 Å². The maximum atomic E-state index is 17.4. The Morgan fingerprint density at radius 1 is 0.682 bits per heavy atom. The second-order valence-corrected chi connectivity index (χ2v) is 11.8. The van der Waals surface area contributed by atoms with Gasteiger partial charge in [-0.1, -0.05) is 32.0 Å². The van der Waals surface area contributed by atoms with Crippen LogP contribution in [-0.4, -0.2) is 43.9 Å². The Morgan fingerprint density at radius 2 is 1.18 bits per heavy atom. The largest absolute Gasteiger partial charge is 0.508 e. The summed E-state index contributed by atoms with van der Waals surface area (Å²) in [5.74, 6) is 1.56. The van der Waals surface area contributed by atoms with Gasteiger partial charge >= 0.3 is 17.0 Å². The molecular weight excluding hydrogens is 584 g/mol. The fourth-order valence-corrected chi connectivity index (χ4v) is 7.08. The summed E-state index contributed by atoms with van der Waals surface area (Å²) in [6.45, 7) is 0. The number of hydrogen-bond acceptors (Lipinski definition) is 5. The molecule has 10 heteroatoms. The molecule has 0 bridgehead atoms. The predicted molar refractivity (Wildman–Crippen MR) is 169 cm³/mol. The molecule has 0 saturated carbocycles. The third-order valence-electron chi connectivity index (χ3n) is 7.65. The number of fused-ring (bicyclic) bond motifs is 2. The second kappa shape index (κ2) is 10.4. The first kappa shape index (κ1) is 27.5. The molecule has 1 aromatic heterocycles. The van der Waals surface area contributed by atoms with Gasteiger partial charge in [0.1, 0.15) is 23.0 Å². The maximum absolute atomic E-state index is 17.4. The molecule has 0 atom stereocenters. The average molecular weight is 611 g/mol. The van der Waals surface area contributed by atoms with Crippen molar-refractivity contribution in [3.8, 4) is 45.4 Å². The van der Waals surface area contributed by atoms with Gasteiger partial charge in [-0.2, -0.15) is 3.97 Å². The lowest BCUT2D eigenvalue weighted by Crippen LogP contribution is -2.29. The van der Waals surface area contributed by atoms with Crippen LogP contribution in [0.25, 0.3) is 28.0 Å². The summed E-state index contributed by atoms with van der Waals surface area (Å²) in [6.07, 6.45) is 1.72. The van der Waals surface area contributed by atoms with Gasteiger partial charge in [0.15, 0.2) is 5.71 Å². The Balaban J connectivity index is 1.53. The molecule has 0 fully saturated rings. The van der Waals surface area contributed by atoms with Gasteiger partial charge in [0.2, 0.25) is 0 Å². The number of phenolic OH excluding ortho intramolecular Hbond substituents is 2. The molecule has 3 heterocycles. The third kappa shape index (κ3) is 4.42. The van der Waals surface area contributed by atoms with Crippen LogP contribution in [0.4, 0.5) is 13.6 Å². The van der Waals surface area contributed by atoms with E-state index in [-0.39, 0.29) is 23.2 Å². The van der Waals surface area contributed by atoms with E-state index in [2.05, 4.69) is 0 Å². The van der Waals surface area contributed by atoms with E-state index in [9.17, 15) is 10.2 Å². The standard InChI is InChI=1S/C34H25F2N3O4S/c1-42-27-15-7-23(8-16-27)31-19-29(21-3-11-25(40)12-4-21)33-37-34-30(22-5-13-26(41)14-6-22)20-32(39(34)44(35,36)38(31)33)24-9-17-28(43-2)18-10-24/h3-20H,1-2H3,(H,40,41)/p+1. The van der Waals surface area contributed by atoms with Gasteiger partial charge in [0, 0.05) is 11.6 Å². The van der Waals surface area contributed by atoms with Crippen molar-refractivity contribution in [3.63, 3.8) is 0 Å². The highest BCUT2D eigenvalue weighted by Gasteiger charge is 2.53. The molecule has 220 valence electrons. The number of nitrogens with zero attached hydrogens (tertiary/aromatic N) is 3. The van der Waals surface area contributed by atoms with Gasteiger partial charge in [0.05, 0.1) is 31.1 Å². The Kier molecular flexibility index (Phi) is 6.51. The van der Waals surface area contributed by atoms with Crippen LogP contribution in [0, 0.1) is 0 Å². The zero-order valence-corrected chi connectivity index (χ0v) is 24.4. The van der Waals surface area contributed by atoms with Crippen molar-refractivity contribution in [1.82, 2.24) is 3.97 Å². The van der Waals surface area contributed by atoms with Crippen LogP contribution in [-0.2, 0) is 0 Å². The summed E-state index contributed by atoms with van der Waals surface area (Å²) in [6, 6.07) is 28.4. The van der Waals surface area contributed by atoms with Crippen molar-refractivity contribution in [1.29, 1.82) is 0 Å². The minimum absolute atomic E-state index is 0.0673. The smallest absolute Gasteiger partial charge is 0.349 e. The molecule has 0 saturated heterocycles. The number of phenols is 2. The summed E-state index contributed by atoms with van der Waals surface area (Å²) >= 11 is -4.80. The summed E-state index contributed by atoms with van der Waals surface area (Å²) in [5, 5.41) is 19.9. The molecular formula is C34H26F2N3O4S+. The molecule has 0 radical (unpaired) electrons. The van der Waals surface area contributed by atoms with E-state index in [4.69, 9.17) is 14.5 Å². The number of halogens is 2. The van der Waals surface area contributed by atoms with Gasteiger partial charge < -0.3 is 19.7 Å². The lowest BCUT2D eigenvalue weighted by atomic mass is 10.0. The molecule has 2 N–H and O–H groups in total. The molecule has 0 amide bonds. The summed E-state index contributed by atoms with van der Waals surface area (Å²) < 4.78 is 47.4. The molecule has 0 spiro atoms. The average Bonchev–Trinajstić information content (AvgIpc) is 3.63. The third-order valence-corrected chi connectivity index (χ3v) is 9.26. The van der Waals surface area contributed by atoms with Gasteiger partial charge in [0.25, 0.3) is 5.82 Å². The number of hydrogen-bond donors (Lipinski definition) is 2. The molecule has 0 unspecified atom stereocenters. The van der Waals surface area contributed by atoms with Gasteiger partial charge in [-0.25, -0.2) is 0 Å². The van der Waals surface area contributed by atoms with Crippen molar-refractivity contribution >= 4 is 34.1 Å². The fourth-order valence-electron chi connectivity index (χ4n) is 5.44. The fraction of sp³-hybridized carbons (Fsp3) is 0.0588. The van der Waals surface area contributed by atoms with Gasteiger partial charge in [-0.3, -0.25) is 0 Å². The molecule has 2 aliphatic rings. The van der Waals surface area contributed by atoms with E-state index in [1.54, 1.807) is 99.2 Å². The molecule has 5 aromatic rings. The SMILES string of the molecule is COc1ccc(C2=[N+]3C(=Nc4c(-c5ccc(O)cc5)cc(-c5ccc(OC)cc5)n4S3(F)F)C(c3ccc(O)cc3)=C2)cc1. The minimum Gasteiger partial charge on any atom is -0.508 e. The minimum atomic E-state index is -4.80. The van der Waals surface area contributed by atoms with E-state index >= 15 is 7.77 Å². The van der Waals surface area contributed by atoms with Crippen LogP contribution in [0.3, 0.4) is 0 Å². The number of ether oxygens (including phenoxy) is 2. The normalized spacial score (nSPS) is 15.6. The number of methoxy groups -OCH3 is 2. The van der Waals surface area contributed by atoms with E-state index in [0.717, 1.165) is 7.95 Å². The first-order chi connectivity index (χ1) is 21.3. The molecule has 2 aliphatic heterocycles.